The summed E-state index contributed by atoms with van der Waals surface area (Å²) in [6.45, 7) is 8.31. The van der Waals surface area contributed by atoms with Gasteiger partial charge in [-0.25, -0.2) is 0 Å². The molecule has 0 radical (unpaired) electrons. The number of nitrogens with zero attached hydrogens (tertiary/aromatic N) is 2. The Hall–Kier alpha value is -2.50. The van der Waals surface area contributed by atoms with E-state index < -0.39 is 0 Å². The molecule has 2 aromatic rings. The average molecular weight is 434 g/mol. The van der Waals surface area contributed by atoms with Crippen LogP contribution in [0.4, 0.5) is 0 Å². The van der Waals surface area contributed by atoms with Crippen LogP contribution in [0, 0.1) is 0 Å². The Labute approximate surface area is 191 Å². The second-order valence-corrected chi connectivity index (χ2v) is 9.28. The molecule has 0 spiro atoms. The van der Waals surface area contributed by atoms with Crippen molar-refractivity contribution in [3.63, 3.8) is 0 Å². The van der Waals surface area contributed by atoms with Crippen LogP contribution >= 0.6 is 0 Å². The minimum absolute atomic E-state index is 0.00261. The highest BCUT2D eigenvalue weighted by molar-refractivity contribution is 5.94. The summed E-state index contributed by atoms with van der Waals surface area (Å²) < 4.78 is 0. The zero-order chi connectivity index (χ0) is 22.4. The van der Waals surface area contributed by atoms with Gasteiger partial charge < -0.3 is 10.2 Å². The molecule has 0 bridgehead atoms. The molecule has 0 saturated carbocycles. The van der Waals surface area contributed by atoms with Gasteiger partial charge in [-0.05, 0) is 82.0 Å². The van der Waals surface area contributed by atoms with E-state index in [-0.39, 0.29) is 17.1 Å². The predicted molar refractivity (Wildman–Crippen MR) is 128 cm³/mol. The molecule has 2 aliphatic heterocycles. The van der Waals surface area contributed by atoms with Crippen LogP contribution in [0.2, 0.25) is 0 Å². The molecule has 5 nitrogen and oxygen atoms in total. The monoisotopic (exact) mass is 433 g/mol. The quantitative estimate of drug-likeness (QED) is 0.691. The molecule has 0 aromatic heterocycles. The number of ketones is 1. The number of benzene rings is 2. The summed E-state index contributed by atoms with van der Waals surface area (Å²) in [5.74, 6) is 0.270. The van der Waals surface area contributed by atoms with Crippen LogP contribution in [-0.4, -0.2) is 60.8 Å². The second kappa shape index (κ2) is 10.4. The normalized spacial score (nSPS) is 19.0. The van der Waals surface area contributed by atoms with Crippen molar-refractivity contribution in [1.29, 1.82) is 0 Å². The molecule has 2 aromatic carbocycles. The maximum atomic E-state index is 12.6. The summed E-state index contributed by atoms with van der Waals surface area (Å²) in [5.41, 5.74) is 2.71. The molecule has 5 heteroatoms. The Morgan fingerprint density at radius 1 is 0.875 bits per heavy atom. The molecular formula is C27H35N3O2. The minimum atomic E-state index is -0.352. The molecule has 2 heterocycles. The summed E-state index contributed by atoms with van der Waals surface area (Å²) in [6.07, 6.45) is 4.25. The number of nitrogens with one attached hydrogen (secondary N) is 1. The second-order valence-electron chi connectivity index (χ2n) is 9.28. The first kappa shape index (κ1) is 22.7. The van der Waals surface area contributed by atoms with E-state index in [1.807, 2.05) is 30.3 Å². The molecular weight excluding hydrogens is 398 g/mol. The number of rotatable bonds is 8. The summed E-state index contributed by atoms with van der Waals surface area (Å²) in [4.78, 5) is 29.8. The van der Waals surface area contributed by atoms with Gasteiger partial charge in [-0.2, -0.15) is 0 Å². The first-order valence-corrected chi connectivity index (χ1v) is 12.0. The zero-order valence-electron chi connectivity index (χ0n) is 19.2. The van der Waals surface area contributed by atoms with Gasteiger partial charge >= 0.3 is 0 Å². The lowest BCUT2D eigenvalue weighted by molar-refractivity contribution is -0.124. The van der Waals surface area contributed by atoms with Crippen LogP contribution in [-0.2, 0) is 16.8 Å². The molecule has 1 N–H and O–H groups in total. The molecule has 2 aliphatic rings. The SMILES string of the molecule is CC(=O)C1(c2ccccc2)CCN(Cc2ccc(C(=O)NCCN3CCCC3)cc2)CC1. The highest BCUT2D eigenvalue weighted by Crippen LogP contribution is 2.36. The Morgan fingerprint density at radius 3 is 2.16 bits per heavy atom. The van der Waals surface area contributed by atoms with Crippen LogP contribution in [0.15, 0.2) is 54.6 Å². The van der Waals surface area contributed by atoms with Crippen LogP contribution in [0.3, 0.4) is 0 Å². The van der Waals surface area contributed by atoms with Crippen molar-refractivity contribution >= 4 is 11.7 Å². The third kappa shape index (κ3) is 5.28. The highest BCUT2D eigenvalue weighted by atomic mass is 16.1. The number of Topliss-reactive ketones (excluding diaryl/α,β-unsaturated/α-hetero) is 1. The van der Waals surface area contributed by atoms with E-state index in [9.17, 15) is 9.59 Å². The molecule has 2 fully saturated rings. The van der Waals surface area contributed by atoms with Crippen LogP contribution in [0.5, 0.6) is 0 Å². The summed E-state index contributed by atoms with van der Waals surface area (Å²) in [7, 11) is 0. The van der Waals surface area contributed by atoms with Crippen LogP contribution in [0.25, 0.3) is 0 Å². The minimum Gasteiger partial charge on any atom is -0.351 e. The molecule has 170 valence electrons. The van der Waals surface area contributed by atoms with E-state index in [1.54, 1.807) is 6.92 Å². The van der Waals surface area contributed by atoms with E-state index in [2.05, 4.69) is 39.4 Å². The standard InChI is InChI=1S/C27H35N3O2/c1-22(31)27(25-7-3-2-4-8-25)13-18-30(19-14-27)21-23-9-11-24(12-10-23)26(32)28-15-20-29-16-5-6-17-29/h2-4,7-12H,5-6,13-21H2,1H3,(H,28,32). The van der Waals surface area contributed by atoms with Gasteiger partial charge in [0.2, 0.25) is 0 Å². The van der Waals surface area contributed by atoms with E-state index >= 15 is 0 Å². The first-order valence-electron chi connectivity index (χ1n) is 12.0. The highest BCUT2D eigenvalue weighted by Gasteiger charge is 2.40. The van der Waals surface area contributed by atoms with Crippen molar-refractivity contribution in [2.24, 2.45) is 0 Å². The van der Waals surface area contributed by atoms with Crippen molar-refractivity contribution in [2.45, 2.75) is 44.6 Å². The molecule has 32 heavy (non-hydrogen) atoms. The topological polar surface area (TPSA) is 52.7 Å². The first-order chi connectivity index (χ1) is 15.6. The van der Waals surface area contributed by atoms with Crippen molar-refractivity contribution < 1.29 is 9.59 Å². The number of piperidine rings is 1. The smallest absolute Gasteiger partial charge is 0.251 e. The lowest BCUT2D eigenvalue weighted by Crippen LogP contribution is -2.46. The fourth-order valence-electron chi connectivity index (χ4n) is 5.15. The van der Waals surface area contributed by atoms with Gasteiger partial charge in [-0.15, -0.1) is 0 Å². The Kier molecular flexibility index (Phi) is 7.38. The third-order valence-electron chi connectivity index (χ3n) is 7.24. The maximum Gasteiger partial charge on any atom is 0.251 e. The van der Waals surface area contributed by atoms with Crippen molar-refractivity contribution in [2.75, 3.05) is 39.3 Å². The molecule has 0 unspecified atom stereocenters. The van der Waals surface area contributed by atoms with Gasteiger partial charge in [0.15, 0.2) is 0 Å². The van der Waals surface area contributed by atoms with E-state index in [0.29, 0.717) is 12.1 Å². The number of likely N-dealkylation sites (tertiary alicyclic amines) is 2. The summed E-state index contributed by atoms with van der Waals surface area (Å²) >= 11 is 0. The van der Waals surface area contributed by atoms with E-state index in [0.717, 1.165) is 57.7 Å². The fourth-order valence-corrected chi connectivity index (χ4v) is 5.15. The zero-order valence-corrected chi connectivity index (χ0v) is 19.2. The van der Waals surface area contributed by atoms with Crippen molar-refractivity contribution in [3.05, 3.63) is 71.3 Å². The number of amides is 1. The Balaban J connectivity index is 1.28. The molecule has 2 saturated heterocycles. The van der Waals surface area contributed by atoms with Gasteiger partial charge in [0.25, 0.3) is 5.91 Å². The summed E-state index contributed by atoms with van der Waals surface area (Å²) in [5, 5.41) is 3.04. The van der Waals surface area contributed by atoms with Gasteiger partial charge in [0.05, 0.1) is 5.41 Å². The van der Waals surface area contributed by atoms with Gasteiger partial charge in [0.1, 0.15) is 5.78 Å². The van der Waals surface area contributed by atoms with E-state index in [1.165, 1.54) is 18.4 Å². The number of hydrogen-bond acceptors (Lipinski definition) is 4. The number of carbonyl (C=O) groups is 2. The predicted octanol–water partition coefficient (Wildman–Crippen LogP) is 3.64. The molecule has 1 amide bonds. The summed E-state index contributed by atoms with van der Waals surface area (Å²) in [6, 6.07) is 18.2. The van der Waals surface area contributed by atoms with Crippen molar-refractivity contribution in [3.8, 4) is 0 Å². The average Bonchev–Trinajstić information content (AvgIpc) is 3.34. The largest absolute Gasteiger partial charge is 0.351 e. The van der Waals surface area contributed by atoms with Crippen molar-refractivity contribution in [1.82, 2.24) is 15.1 Å². The lowest BCUT2D eigenvalue weighted by atomic mass is 9.70. The molecule has 0 atom stereocenters. The molecule has 4 rings (SSSR count). The molecule has 0 aliphatic carbocycles. The van der Waals surface area contributed by atoms with Crippen LogP contribution < -0.4 is 5.32 Å². The van der Waals surface area contributed by atoms with Crippen LogP contribution in [0.1, 0.15) is 54.1 Å². The van der Waals surface area contributed by atoms with Gasteiger partial charge in [-0.3, -0.25) is 14.5 Å². The maximum absolute atomic E-state index is 12.6. The third-order valence-corrected chi connectivity index (χ3v) is 7.24. The van der Waals surface area contributed by atoms with E-state index in [4.69, 9.17) is 0 Å². The Morgan fingerprint density at radius 2 is 1.53 bits per heavy atom. The van der Waals surface area contributed by atoms with Gasteiger partial charge in [0, 0.05) is 25.2 Å². The number of carbonyl (C=O) groups excluding carboxylic acids is 2. The Bertz CT molecular complexity index is 896. The fraction of sp³-hybridized carbons (Fsp3) is 0.481. The lowest BCUT2D eigenvalue weighted by Gasteiger charge is -2.40. The van der Waals surface area contributed by atoms with Gasteiger partial charge in [-0.1, -0.05) is 42.5 Å². The number of hydrogen-bond donors (Lipinski definition) is 1.